The minimum absolute atomic E-state index is 0.192. The number of benzene rings is 1. The molecule has 0 bridgehead atoms. The lowest BCUT2D eigenvalue weighted by molar-refractivity contribution is -0.136. The summed E-state index contributed by atoms with van der Waals surface area (Å²) >= 11 is 11.7. The Bertz CT molecular complexity index is 647. The highest BCUT2D eigenvalue weighted by atomic mass is 35.5. The monoisotopic (exact) mass is 299 g/mol. The topological polar surface area (TPSA) is 50.2 Å². The molecule has 0 radical (unpaired) electrons. The standard InChI is InChI=1S/C13H8Cl2FNO2/c14-10-2-1-8(5-11(10)15)9-3-7(4-12(18)19)6-17-13(9)16/h1-3,5-6H,4H2,(H,18,19). The second-order valence-corrected chi connectivity index (χ2v) is 4.70. The van der Waals surface area contributed by atoms with E-state index in [1.165, 1.54) is 18.3 Å². The van der Waals surface area contributed by atoms with Crippen LogP contribution in [0.3, 0.4) is 0 Å². The van der Waals surface area contributed by atoms with Gasteiger partial charge in [-0.05, 0) is 29.3 Å². The highest BCUT2D eigenvalue weighted by Crippen LogP contribution is 2.29. The van der Waals surface area contributed by atoms with Crippen molar-refractivity contribution < 1.29 is 14.3 Å². The summed E-state index contributed by atoms with van der Waals surface area (Å²) in [4.78, 5) is 14.2. The quantitative estimate of drug-likeness (QED) is 0.877. The van der Waals surface area contributed by atoms with Crippen molar-refractivity contribution in [2.45, 2.75) is 6.42 Å². The van der Waals surface area contributed by atoms with E-state index in [4.69, 9.17) is 28.3 Å². The molecule has 0 aliphatic heterocycles. The first kappa shape index (κ1) is 13.8. The first-order valence-corrected chi connectivity index (χ1v) is 6.04. The van der Waals surface area contributed by atoms with Crippen LogP contribution in [-0.4, -0.2) is 16.1 Å². The highest BCUT2D eigenvalue weighted by Gasteiger charge is 2.11. The predicted molar refractivity (Wildman–Crippen MR) is 71.0 cm³/mol. The number of hydrogen-bond acceptors (Lipinski definition) is 2. The molecule has 1 N–H and O–H groups in total. The van der Waals surface area contributed by atoms with Crippen LogP contribution < -0.4 is 0 Å². The zero-order chi connectivity index (χ0) is 14.0. The Morgan fingerprint density at radius 1 is 1.26 bits per heavy atom. The molecule has 0 aliphatic rings. The predicted octanol–water partition coefficient (Wildman–Crippen LogP) is 3.82. The molecule has 1 aromatic carbocycles. The van der Waals surface area contributed by atoms with Gasteiger partial charge >= 0.3 is 5.97 Å². The smallest absolute Gasteiger partial charge is 0.307 e. The maximum atomic E-state index is 13.7. The maximum Gasteiger partial charge on any atom is 0.307 e. The molecule has 0 unspecified atom stereocenters. The molecule has 0 atom stereocenters. The molecule has 98 valence electrons. The van der Waals surface area contributed by atoms with Crippen LogP contribution >= 0.6 is 23.2 Å². The van der Waals surface area contributed by atoms with E-state index in [1.54, 1.807) is 12.1 Å². The largest absolute Gasteiger partial charge is 0.481 e. The van der Waals surface area contributed by atoms with Gasteiger partial charge in [-0.15, -0.1) is 0 Å². The summed E-state index contributed by atoms with van der Waals surface area (Å²) in [5, 5.41) is 9.37. The molecule has 0 amide bonds. The average Bonchev–Trinajstić information content (AvgIpc) is 2.34. The Hall–Kier alpha value is -1.65. The molecule has 2 rings (SSSR count). The Morgan fingerprint density at radius 3 is 2.63 bits per heavy atom. The van der Waals surface area contributed by atoms with Crippen molar-refractivity contribution >= 4 is 29.2 Å². The average molecular weight is 300 g/mol. The van der Waals surface area contributed by atoms with E-state index >= 15 is 0 Å². The second-order valence-electron chi connectivity index (χ2n) is 3.88. The van der Waals surface area contributed by atoms with Gasteiger partial charge in [-0.1, -0.05) is 29.3 Å². The van der Waals surface area contributed by atoms with Gasteiger partial charge in [-0.25, -0.2) is 4.98 Å². The van der Waals surface area contributed by atoms with Gasteiger partial charge in [0.25, 0.3) is 0 Å². The fourth-order valence-corrected chi connectivity index (χ4v) is 1.93. The number of halogens is 3. The summed E-state index contributed by atoms with van der Waals surface area (Å²) in [6.45, 7) is 0. The first-order valence-electron chi connectivity index (χ1n) is 5.29. The third-order valence-electron chi connectivity index (χ3n) is 2.48. The Balaban J connectivity index is 2.48. The SMILES string of the molecule is O=C(O)Cc1cnc(F)c(-c2ccc(Cl)c(Cl)c2)c1. The van der Waals surface area contributed by atoms with E-state index in [2.05, 4.69) is 4.98 Å². The number of carbonyl (C=O) groups is 1. The van der Waals surface area contributed by atoms with Crippen LogP contribution in [0.25, 0.3) is 11.1 Å². The lowest BCUT2D eigenvalue weighted by Crippen LogP contribution is -2.02. The van der Waals surface area contributed by atoms with Crippen LogP contribution in [0.2, 0.25) is 10.0 Å². The summed E-state index contributed by atoms with van der Waals surface area (Å²) in [7, 11) is 0. The van der Waals surface area contributed by atoms with Crippen molar-refractivity contribution in [3.63, 3.8) is 0 Å². The van der Waals surface area contributed by atoms with Gasteiger partial charge in [0, 0.05) is 11.8 Å². The molecule has 0 fully saturated rings. The summed E-state index contributed by atoms with van der Waals surface area (Å²) in [5.74, 6) is -1.69. The normalized spacial score (nSPS) is 10.5. The van der Waals surface area contributed by atoms with Gasteiger partial charge in [0.05, 0.1) is 16.5 Å². The number of aromatic nitrogens is 1. The number of hydrogen-bond donors (Lipinski definition) is 1. The molecule has 6 heteroatoms. The number of aliphatic carboxylic acids is 1. The van der Waals surface area contributed by atoms with Crippen LogP contribution in [0.4, 0.5) is 4.39 Å². The van der Waals surface area contributed by atoms with Crippen LogP contribution in [0, 0.1) is 5.95 Å². The van der Waals surface area contributed by atoms with Crippen LogP contribution in [0.5, 0.6) is 0 Å². The Labute approximate surface area is 118 Å². The summed E-state index contributed by atoms with van der Waals surface area (Å²) < 4.78 is 13.7. The van der Waals surface area contributed by atoms with E-state index in [9.17, 15) is 9.18 Å². The highest BCUT2D eigenvalue weighted by molar-refractivity contribution is 6.42. The first-order chi connectivity index (χ1) is 8.97. The maximum absolute atomic E-state index is 13.7. The van der Waals surface area contributed by atoms with E-state index in [0.29, 0.717) is 21.2 Å². The molecule has 0 spiro atoms. The molecule has 19 heavy (non-hydrogen) atoms. The number of nitrogens with zero attached hydrogens (tertiary/aromatic N) is 1. The van der Waals surface area contributed by atoms with Gasteiger partial charge in [0.2, 0.25) is 5.95 Å². The fourth-order valence-electron chi connectivity index (χ4n) is 1.63. The summed E-state index contributed by atoms with van der Waals surface area (Å²) in [5.41, 5.74) is 1.10. The minimum Gasteiger partial charge on any atom is -0.481 e. The lowest BCUT2D eigenvalue weighted by Gasteiger charge is -2.06. The zero-order valence-electron chi connectivity index (χ0n) is 9.53. The molecule has 0 aliphatic carbocycles. The van der Waals surface area contributed by atoms with Crippen LogP contribution in [0.1, 0.15) is 5.56 Å². The molecule has 0 saturated heterocycles. The number of rotatable bonds is 3. The van der Waals surface area contributed by atoms with E-state index in [1.807, 2.05) is 0 Å². The summed E-state index contributed by atoms with van der Waals surface area (Å²) in [6, 6.07) is 6.09. The molecule has 2 aromatic rings. The molecular weight excluding hydrogens is 292 g/mol. The molecule has 3 nitrogen and oxygen atoms in total. The third-order valence-corrected chi connectivity index (χ3v) is 3.22. The number of carboxylic acids is 1. The van der Waals surface area contributed by atoms with Crippen molar-refractivity contribution in [2.75, 3.05) is 0 Å². The molecule has 1 heterocycles. The third kappa shape index (κ3) is 3.22. The van der Waals surface area contributed by atoms with E-state index in [0.717, 1.165) is 0 Å². The zero-order valence-corrected chi connectivity index (χ0v) is 11.0. The fraction of sp³-hybridized carbons (Fsp3) is 0.0769. The number of carboxylic acid groups (broad SMARTS) is 1. The lowest BCUT2D eigenvalue weighted by atomic mass is 10.0. The van der Waals surface area contributed by atoms with Crippen molar-refractivity contribution in [3.05, 3.63) is 52.0 Å². The second kappa shape index (κ2) is 5.55. The van der Waals surface area contributed by atoms with Gasteiger partial charge < -0.3 is 5.11 Å². The van der Waals surface area contributed by atoms with E-state index in [-0.39, 0.29) is 12.0 Å². The molecular formula is C13H8Cl2FNO2. The van der Waals surface area contributed by atoms with Gasteiger partial charge in [0.1, 0.15) is 0 Å². The minimum atomic E-state index is -1.01. The van der Waals surface area contributed by atoms with Gasteiger partial charge in [-0.2, -0.15) is 4.39 Å². The Kier molecular flexibility index (Phi) is 4.02. The number of pyridine rings is 1. The van der Waals surface area contributed by atoms with Crippen molar-refractivity contribution in [2.24, 2.45) is 0 Å². The van der Waals surface area contributed by atoms with Crippen LogP contribution in [0.15, 0.2) is 30.5 Å². The summed E-state index contributed by atoms with van der Waals surface area (Å²) in [6.07, 6.45) is 0.978. The van der Waals surface area contributed by atoms with Crippen LogP contribution in [-0.2, 0) is 11.2 Å². The van der Waals surface area contributed by atoms with Crippen molar-refractivity contribution in [1.29, 1.82) is 0 Å². The Morgan fingerprint density at radius 2 is 2.00 bits per heavy atom. The van der Waals surface area contributed by atoms with Gasteiger partial charge in [0.15, 0.2) is 0 Å². The molecule has 0 saturated carbocycles. The van der Waals surface area contributed by atoms with Gasteiger partial charge in [-0.3, -0.25) is 4.79 Å². The van der Waals surface area contributed by atoms with Crippen molar-refractivity contribution in [1.82, 2.24) is 4.98 Å². The molecule has 1 aromatic heterocycles. The van der Waals surface area contributed by atoms with E-state index < -0.39 is 11.9 Å². The van der Waals surface area contributed by atoms with Crippen molar-refractivity contribution in [3.8, 4) is 11.1 Å².